The van der Waals surface area contributed by atoms with Gasteiger partial charge in [0, 0.05) is 6.54 Å². The summed E-state index contributed by atoms with van der Waals surface area (Å²) in [6.07, 6.45) is 0.278. The van der Waals surface area contributed by atoms with Gasteiger partial charge in [0.15, 0.2) is 0 Å². The quantitative estimate of drug-likeness (QED) is 0.872. The van der Waals surface area contributed by atoms with Crippen LogP contribution in [-0.4, -0.2) is 34.6 Å². The fourth-order valence-electron chi connectivity index (χ4n) is 2.30. The van der Waals surface area contributed by atoms with Crippen LogP contribution in [-0.2, 0) is 11.0 Å². The van der Waals surface area contributed by atoms with Gasteiger partial charge in [-0.2, -0.15) is 13.2 Å². The lowest BCUT2D eigenvalue weighted by atomic mass is 10.0. The van der Waals surface area contributed by atoms with Crippen molar-refractivity contribution in [2.75, 3.05) is 13.1 Å². The van der Waals surface area contributed by atoms with Crippen molar-refractivity contribution in [3.63, 3.8) is 0 Å². The Morgan fingerprint density at radius 1 is 1.32 bits per heavy atom. The Balaban J connectivity index is 2.06. The Morgan fingerprint density at radius 3 is 2.50 bits per heavy atom. The van der Waals surface area contributed by atoms with Crippen molar-refractivity contribution >= 4 is 12.0 Å². The number of β-amino-alcohol motifs (C(OH)–C–C–N with tert-alkyl or cyclic N) is 1. The molecule has 118 valence electrons. The fraction of sp³-hybridized carbons (Fsp3) is 0.312. The first-order valence-electron chi connectivity index (χ1n) is 6.74. The number of halogens is 3. The van der Waals surface area contributed by atoms with Crippen molar-refractivity contribution in [3.05, 3.63) is 54.1 Å². The molecule has 22 heavy (non-hydrogen) atoms. The van der Waals surface area contributed by atoms with E-state index in [4.69, 9.17) is 0 Å². The molecule has 0 saturated carbocycles. The van der Waals surface area contributed by atoms with Gasteiger partial charge in [-0.25, -0.2) is 0 Å². The van der Waals surface area contributed by atoms with E-state index in [1.165, 1.54) is 29.2 Å². The molecule has 6 heteroatoms. The maximum absolute atomic E-state index is 12.5. The lowest BCUT2D eigenvalue weighted by molar-refractivity contribution is -0.137. The number of likely N-dealkylation sites (tertiary alicyclic amines) is 1. The summed E-state index contributed by atoms with van der Waals surface area (Å²) in [6.45, 7) is 3.95. The molecule has 0 bridgehead atoms. The third kappa shape index (κ3) is 3.76. The smallest absolute Gasteiger partial charge is 0.384 e. The van der Waals surface area contributed by atoms with Crippen molar-refractivity contribution in [3.8, 4) is 0 Å². The first-order valence-corrected chi connectivity index (χ1v) is 6.74. The highest BCUT2D eigenvalue weighted by Gasteiger charge is 2.35. The minimum absolute atomic E-state index is 0.148. The molecule has 0 spiro atoms. The SMILES string of the molecule is C=CC(=O)N1CC[C@](O)(/C=C/c2ccc(C(F)(F)F)cc2)C1. The normalized spacial score (nSPS) is 22.3. The zero-order valence-electron chi connectivity index (χ0n) is 11.8. The van der Waals surface area contributed by atoms with Gasteiger partial charge >= 0.3 is 6.18 Å². The van der Waals surface area contributed by atoms with Crippen molar-refractivity contribution in [1.82, 2.24) is 4.90 Å². The predicted octanol–water partition coefficient (Wildman–Crippen LogP) is 2.87. The zero-order chi connectivity index (χ0) is 16.4. The minimum atomic E-state index is -4.36. The molecule has 1 atom stereocenters. The van der Waals surface area contributed by atoms with Crippen LogP contribution in [0.1, 0.15) is 17.5 Å². The maximum atomic E-state index is 12.5. The third-order valence-corrected chi connectivity index (χ3v) is 3.59. The zero-order valence-corrected chi connectivity index (χ0v) is 11.8. The Bertz CT molecular complexity index is 592. The van der Waals surface area contributed by atoms with Crippen LogP contribution in [0.5, 0.6) is 0 Å². The van der Waals surface area contributed by atoms with Crippen LogP contribution < -0.4 is 0 Å². The molecule has 1 saturated heterocycles. The van der Waals surface area contributed by atoms with E-state index in [-0.39, 0.29) is 12.5 Å². The average Bonchev–Trinajstić information content (AvgIpc) is 2.87. The summed E-state index contributed by atoms with van der Waals surface area (Å²) in [5.74, 6) is -0.251. The van der Waals surface area contributed by atoms with Gasteiger partial charge in [0.05, 0.1) is 12.1 Å². The summed E-state index contributed by atoms with van der Waals surface area (Å²) in [4.78, 5) is 12.9. The third-order valence-electron chi connectivity index (χ3n) is 3.59. The Labute approximate surface area is 126 Å². The molecular weight excluding hydrogens is 295 g/mol. The highest BCUT2D eigenvalue weighted by Crippen LogP contribution is 2.29. The van der Waals surface area contributed by atoms with Crippen LogP contribution in [0.2, 0.25) is 0 Å². The molecule has 1 aromatic carbocycles. The summed E-state index contributed by atoms with van der Waals surface area (Å²) in [7, 11) is 0. The molecule has 0 aliphatic carbocycles. The molecule has 3 nitrogen and oxygen atoms in total. The number of nitrogens with zero attached hydrogens (tertiary/aromatic N) is 1. The van der Waals surface area contributed by atoms with Crippen LogP contribution in [0, 0.1) is 0 Å². The number of rotatable bonds is 3. The molecule has 1 aromatic rings. The highest BCUT2D eigenvalue weighted by molar-refractivity contribution is 5.87. The van der Waals surface area contributed by atoms with Crippen LogP contribution in [0.4, 0.5) is 13.2 Å². The van der Waals surface area contributed by atoms with E-state index < -0.39 is 17.3 Å². The monoisotopic (exact) mass is 311 g/mol. The van der Waals surface area contributed by atoms with E-state index in [1.54, 1.807) is 6.08 Å². The van der Waals surface area contributed by atoms with Crippen molar-refractivity contribution in [2.24, 2.45) is 0 Å². The molecule has 1 aliphatic rings. The number of hydrogen-bond donors (Lipinski definition) is 1. The van der Waals surface area contributed by atoms with Crippen molar-refractivity contribution in [1.29, 1.82) is 0 Å². The van der Waals surface area contributed by atoms with Gasteiger partial charge in [-0.1, -0.05) is 30.9 Å². The van der Waals surface area contributed by atoms with Gasteiger partial charge in [0.1, 0.15) is 5.60 Å². The van der Waals surface area contributed by atoms with Crippen LogP contribution in [0.25, 0.3) is 6.08 Å². The number of carbonyl (C=O) groups excluding carboxylic acids is 1. The number of benzene rings is 1. The number of hydrogen-bond acceptors (Lipinski definition) is 2. The largest absolute Gasteiger partial charge is 0.416 e. The Kier molecular flexibility index (Phi) is 4.42. The average molecular weight is 311 g/mol. The van der Waals surface area contributed by atoms with Crippen LogP contribution in [0.3, 0.4) is 0 Å². The molecule has 1 N–H and O–H groups in total. The van der Waals surface area contributed by atoms with Crippen molar-refractivity contribution in [2.45, 2.75) is 18.2 Å². The summed E-state index contributed by atoms with van der Waals surface area (Å²) in [5.41, 5.74) is -1.33. The summed E-state index contributed by atoms with van der Waals surface area (Å²) in [5, 5.41) is 10.4. The second-order valence-corrected chi connectivity index (χ2v) is 5.27. The molecular formula is C16H16F3NO2. The van der Waals surface area contributed by atoms with E-state index in [0.717, 1.165) is 12.1 Å². The molecule has 2 rings (SSSR count). The molecule has 0 aromatic heterocycles. The van der Waals surface area contributed by atoms with Gasteiger partial charge in [0.25, 0.3) is 0 Å². The molecule has 1 fully saturated rings. The second-order valence-electron chi connectivity index (χ2n) is 5.27. The fourth-order valence-corrected chi connectivity index (χ4v) is 2.30. The summed E-state index contributed by atoms with van der Waals surface area (Å²) < 4.78 is 37.4. The van der Waals surface area contributed by atoms with E-state index in [1.807, 2.05) is 0 Å². The van der Waals surface area contributed by atoms with Gasteiger partial charge in [-0.3, -0.25) is 4.79 Å². The molecule has 1 amide bonds. The van der Waals surface area contributed by atoms with Gasteiger partial charge in [0.2, 0.25) is 5.91 Å². The lowest BCUT2D eigenvalue weighted by Crippen LogP contribution is -2.33. The summed E-state index contributed by atoms with van der Waals surface area (Å²) in [6, 6.07) is 4.66. The van der Waals surface area contributed by atoms with Crippen molar-refractivity contribution < 1.29 is 23.1 Å². The van der Waals surface area contributed by atoms with Gasteiger partial charge in [-0.05, 0) is 30.2 Å². The van der Waals surface area contributed by atoms with Gasteiger partial charge < -0.3 is 10.0 Å². The maximum Gasteiger partial charge on any atom is 0.416 e. The highest BCUT2D eigenvalue weighted by atomic mass is 19.4. The Hall–Kier alpha value is -2.08. The van der Waals surface area contributed by atoms with Crippen LogP contribution in [0.15, 0.2) is 43.0 Å². The topological polar surface area (TPSA) is 40.5 Å². The standard InChI is InChI=1S/C16H16F3NO2/c1-2-14(21)20-10-9-15(22,11-20)8-7-12-3-5-13(6-4-12)16(17,18)19/h2-8,22H,1,9-11H2/b8-7+/t15-/m1/s1. The van der Waals surface area contributed by atoms with E-state index in [9.17, 15) is 23.1 Å². The predicted molar refractivity (Wildman–Crippen MR) is 76.8 cm³/mol. The van der Waals surface area contributed by atoms with E-state index >= 15 is 0 Å². The number of amides is 1. The summed E-state index contributed by atoms with van der Waals surface area (Å²) >= 11 is 0. The number of carbonyl (C=O) groups is 1. The number of alkyl halides is 3. The van der Waals surface area contributed by atoms with E-state index in [0.29, 0.717) is 18.5 Å². The number of aliphatic hydroxyl groups is 1. The first-order chi connectivity index (χ1) is 10.2. The van der Waals surface area contributed by atoms with E-state index in [2.05, 4.69) is 6.58 Å². The molecule has 1 heterocycles. The van der Waals surface area contributed by atoms with Crippen LogP contribution >= 0.6 is 0 Å². The molecule has 0 radical (unpaired) electrons. The second kappa shape index (κ2) is 5.96. The Morgan fingerprint density at radius 2 is 1.95 bits per heavy atom. The first kappa shape index (κ1) is 16.3. The van der Waals surface area contributed by atoms with Gasteiger partial charge in [-0.15, -0.1) is 0 Å². The molecule has 1 aliphatic heterocycles. The minimum Gasteiger partial charge on any atom is -0.384 e. The molecule has 0 unspecified atom stereocenters. The lowest BCUT2D eigenvalue weighted by Gasteiger charge is -2.19.